The maximum absolute atomic E-state index is 5.69. The van der Waals surface area contributed by atoms with Gasteiger partial charge in [-0.2, -0.15) is 0 Å². The van der Waals surface area contributed by atoms with E-state index in [9.17, 15) is 0 Å². The summed E-state index contributed by atoms with van der Waals surface area (Å²) >= 11 is 5.69. The average Bonchev–Trinajstić information content (AvgIpc) is 1.89. The minimum Gasteiger partial charge on any atom is -0.491 e. The molecule has 0 bridgehead atoms. The highest BCUT2D eigenvalue weighted by Crippen LogP contribution is 2.14. The van der Waals surface area contributed by atoms with Crippen molar-refractivity contribution in [1.29, 1.82) is 0 Å². The predicted molar refractivity (Wildman–Crippen MR) is 51.5 cm³/mol. The van der Waals surface area contributed by atoms with Crippen LogP contribution in [0.5, 0.6) is 0 Å². The van der Waals surface area contributed by atoms with Crippen LogP contribution in [-0.2, 0) is 4.74 Å². The number of hydrogen-bond donors (Lipinski definition) is 1. The molecule has 0 aromatic rings. The van der Waals surface area contributed by atoms with Crippen molar-refractivity contribution in [3.63, 3.8) is 0 Å². The van der Waals surface area contributed by atoms with Crippen molar-refractivity contribution in [3.8, 4) is 0 Å². The Balaban J connectivity index is 0. The summed E-state index contributed by atoms with van der Waals surface area (Å²) in [5.41, 5.74) is 5.31. The maximum Gasteiger partial charge on any atom is 0.145 e. The molecule has 0 radical (unpaired) electrons. The number of nitrogens with two attached hydrogens (primary N) is 1. The third kappa shape index (κ3) is 3.87. The van der Waals surface area contributed by atoms with E-state index in [1.54, 1.807) is 18.4 Å². The van der Waals surface area contributed by atoms with Gasteiger partial charge in [-0.05, 0) is 12.2 Å². The molecule has 0 spiro atoms. The number of allylic oxidation sites excluding steroid dienone is 2. The molecule has 1 rings (SSSR count). The monoisotopic (exact) mass is 217 g/mol. The first-order chi connectivity index (χ1) is 4.34. The Bertz CT molecular complexity index is 158. The Labute approximate surface area is 83.2 Å². The largest absolute Gasteiger partial charge is 0.491 e. The van der Waals surface area contributed by atoms with Crippen LogP contribution in [0.3, 0.4) is 0 Å². The van der Waals surface area contributed by atoms with Gasteiger partial charge in [-0.15, -0.1) is 24.8 Å². The first-order valence-electron chi connectivity index (χ1n) is 2.72. The molecule has 1 aliphatic heterocycles. The van der Waals surface area contributed by atoms with E-state index in [4.69, 9.17) is 22.1 Å². The van der Waals surface area contributed by atoms with Crippen LogP contribution in [0.1, 0.15) is 0 Å². The highest BCUT2D eigenvalue weighted by Gasteiger charge is 2.11. The van der Waals surface area contributed by atoms with Gasteiger partial charge >= 0.3 is 0 Å². The van der Waals surface area contributed by atoms with Crippen molar-refractivity contribution < 1.29 is 4.74 Å². The molecule has 0 aromatic heterocycles. The van der Waals surface area contributed by atoms with E-state index in [0.29, 0.717) is 11.6 Å². The molecule has 0 saturated heterocycles. The van der Waals surface area contributed by atoms with E-state index >= 15 is 0 Å². The number of rotatable bonds is 1. The van der Waals surface area contributed by atoms with Crippen molar-refractivity contribution in [2.75, 3.05) is 6.54 Å². The Morgan fingerprint density at radius 3 is 2.55 bits per heavy atom. The lowest BCUT2D eigenvalue weighted by molar-refractivity contribution is 0.186. The predicted octanol–water partition coefficient (Wildman–Crippen LogP) is 1.82. The van der Waals surface area contributed by atoms with Gasteiger partial charge in [-0.25, -0.2) is 0 Å². The standard InChI is InChI=1S/C6H8ClNO.2ClH/c7-5-2-1-3-9-6(5)4-8;;/h1-3,6H,4,8H2;2*1H. The third-order valence-corrected chi connectivity index (χ3v) is 1.47. The molecule has 5 heteroatoms. The van der Waals surface area contributed by atoms with Gasteiger partial charge in [0.2, 0.25) is 0 Å². The Hall–Kier alpha value is 0.110. The third-order valence-electron chi connectivity index (χ3n) is 1.10. The van der Waals surface area contributed by atoms with E-state index in [-0.39, 0.29) is 30.9 Å². The molecule has 0 aliphatic carbocycles. The van der Waals surface area contributed by atoms with Crippen LogP contribution in [-0.4, -0.2) is 12.6 Å². The second kappa shape index (κ2) is 6.80. The first kappa shape index (κ1) is 13.7. The van der Waals surface area contributed by atoms with Crippen molar-refractivity contribution >= 4 is 36.4 Å². The quantitative estimate of drug-likeness (QED) is 0.729. The molecule has 0 aromatic carbocycles. The SMILES string of the molecule is Cl.Cl.NCC1OC=CC=C1Cl. The first-order valence-corrected chi connectivity index (χ1v) is 3.10. The van der Waals surface area contributed by atoms with Crippen molar-refractivity contribution in [2.45, 2.75) is 6.10 Å². The van der Waals surface area contributed by atoms with Crippen molar-refractivity contribution in [2.24, 2.45) is 5.73 Å². The van der Waals surface area contributed by atoms with Gasteiger partial charge in [0.25, 0.3) is 0 Å². The van der Waals surface area contributed by atoms with Crippen LogP contribution < -0.4 is 5.73 Å². The van der Waals surface area contributed by atoms with Gasteiger partial charge in [-0.1, -0.05) is 11.6 Å². The molecule has 0 amide bonds. The summed E-state index contributed by atoms with van der Waals surface area (Å²) in [6, 6.07) is 0. The zero-order valence-corrected chi connectivity index (χ0v) is 8.09. The molecule has 1 atom stereocenters. The molecule has 2 nitrogen and oxygen atoms in total. The van der Waals surface area contributed by atoms with Crippen molar-refractivity contribution in [3.05, 3.63) is 23.4 Å². The summed E-state index contributed by atoms with van der Waals surface area (Å²) in [4.78, 5) is 0. The van der Waals surface area contributed by atoms with Gasteiger partial charge in [-0.3, -0.25) is 0 Å². The number of ether oxygens (including phenoxy) is 1. The van der Waals surface area contributed by atoms with Crippen LogP contribution in [0.2, 0.25) is 0 Å². The molecule has 2 N–H and O–H groups in total. The Morgan fingerprint density at radius 1 is 1.55 bits per heavy atom. The van der Waals surface area contributed by atoms with E-state index in [2.05, 4.69) is 0 Å². The highest BCUT2D eigenvalue weighted by molar-refractivity contribution is 6.30. The Kier molecular flexibility index (Phi) is 8.46. The summed E-state index contributed by atoms with van der Waals surface area (Å²) in [7, 11) is 0. The minimum absolute atomic E-state index is 0. The van der Waals surface area contributed by atoms with Gasteiger partial charge < -0.3 is 10.5 Å². The van der Waals surface area contributed by atoms with Crippen molar-refractivity contribution in [1.82, 2.24) is 0 Å². The fourth-order valence-corrected chi connectivity index (χ4v) is 0.825. The maximum atomic E-state index is 5.69. The van der Waals surface area contributed by atoms with E-state index in [1.165, 1.54) is 0 Å². The van der Waals surface area contributed by atoms with Gasteiger partial charge in [0.15, 0.2) is 0 Å². The molecule has 0 saturated carbocycles. The number of halogens is 3. The van der Waals surface area contributed by atoms with E-state index in [0.717, 1.165) is 0 Å². The summed E-state index contributed by atoms with van der Waals surface area (Å²) in [5, 5.41) is 0.667. The lowest BCUT2D eigenvalue weighted by Gasteiger charge is -2.15. The molecular weight excluding hydrogens is 208 g/mol. The highest BCUT2D eigenvalue weighted by atomic mass is 35.5. The summed E-state index contributed by atoms with van der Waals surface area (Å²) in [5.74, 6) is 0. The van der Waals surface area contributed by atoms with Crippen LogP contribution in [0.15, 0.2) is 23.4 Å². The smallest absolute Gasteiger partial charge is 0.145 e. The molecular formula is C6H10Cl3NO. The number of hydrogen-bond acceptors (Lipinski definition) is 2. The zero-order chi connectivity index (χ0) is 6.69. The van der Waals surface area contributed by atoms with Gasteiger partial charge in [0.1, 0.15) is 6.10 Å². The van der Waals surface area contributed by atoms with Gasteiger partial charge in [0, 0.05) is 6.54 Å². The fraction of sp³-hybridized carbons (Fsp3) is 0.333. The lowest BCUT2D eigenvalue weighted by Crippen LogP contribution is -2.23. The second-order valence-electron chi connectivity index (χ2n) is 1.74. The zero-order valence-electron chi connectivity index (χ0n) is 5.70. The normalized spacial score (nSPS) is 20.5. The lowest BCUT2D eigenvalue weighted by atomic mass is 10.3. The molecule has 66 valence electrons. The van der Waals surface area contributed by atoms with Crippen LogP contribution in [0.4, 0.5) is 0 Å². The van der Waals surface area contributed by atoms with Crippen LogP contribution >= 0.6 is 36.4 Å². The summed E-state index contributed by atoms with van der Waals surface area (Å²) < 4.78 is 5.03. The molecule has 11 heavy (non-hydrogen) atoms. The van der Waals surface area contributed by atoms with E-state index in [1.807, 2.05) is 0 Å². The fourth-order valence-electron chi connectivity index (χ4n) is 0.612. The molecule has 1 aliphatic rings. The summed E-state index contributed by atoms with van der Waals surface area (Å²) in [6.07, 6.45) is 4.98. The molecule has 1 unspecified atom stereocenters. The molecule has 1 heterocycles. The second-order valence-corrected chi connectivity index (χ2v) is 2.18. The Morgan fingerprint density at radius 2 is 2.18 bits per heavy atom. The van der Waals surface area contributed by atoms with Crippen LogP contribution in [0, 0.1) is 0 Å². The topological polar surface area (TPSA) is 35.2 Å². The minimum atomic E-state index is -0.128. The molecule has 0 fully saturated rings. The summed E-state index contributed by atoms with van der Waals surface area (Å²) in [6.45, 7) is 0.430. The van der Waals surface area contributed by atoms with E-state index < -0.39 is 0 Å². The van der Waals surface area contributed by atoms with Gasteiger partial charge in [0.05, 0.1) is 11.3 Å². The van der Waals surface area contributed by atoms with Crippen LogP contribution in [0.25, 0.3) is 0 Å². The average molecular weight is 219 g/mol.